The maximum Gasteiger partial charge on any atom is 0.322 e. The van der Waals surface area contributed by atoms with Crippen molar-refractivity contribution in [1.29, 1.82) is 0 Å². The Morgan fingerprint density at radius 3 is 1.05 bits per heavy atom. The van der Waals surface area contributed by atoms with Gasteiger partial charge in [-0.1, -0.05) is 25.7 Å². The van der Waals surface area contributed by atoms with E-state index >= 15 is 0 Å². The molecule has 2 fully saturated rings. The summed E-state index contributed by atoms with van der Waals surface area (Å²) in [6.07, 6.45) is 8.17. The minimum absolute atomic E-state index is 0.180. The fraction of sp³-hybridized carbons (Fsp3) is 0.875. The smallest absolute Gasteiger partial charge is 0.322 e. The summed E-state index contributed by atoms with van der Waals surface area (Å²) in [5.41, 5.74) is -1.77. The fourth-order valence-corrected chi connectivity index (χ4v) is 7.00. The van der Waals surface area contributed by atoms with Gasteiger partial charge in [0, 0.05) is 52.4 Å². The first-order chi connectivity index (χ1) is 19.2. The first-order valence-corrected chi connectivity index (χ1v) is 15.6. The number of hydrogen-bond acceptors (Lipinski definition) is 10. The number of hydroxylamine groups is 4. The molecule has 2 rings (SSSR count). The zero-order valence-corrected chi connectivity index (χ0v) is 27.8. The number of carbonyl (C=O) groups excluding carboxylic acids is 4. The molecule has 0 aromatic rings. The highest BCUT2D eigenvalue weighted by Gasteiger charge is 2.50. The van der Waals surface area contributed by atoms with Crippen LogP contribution < -0.4 is 0 Å². The normalized spacial score (nSPS) is 22.2. The summed E-state index contributed by atoms with van der Waals surface area (Å²) >= 11 is 0. The molecular formula is C32H56N2O8. The molecule has 0 radical (unpaired) electrons. The second kappa shape index (κ2) is 14.5. The molecule has 42 heavy (non-hydrogen) atoms. The molecule has 10 heteroatoms. The molecule has 2 heterocycles. The Kier molecular flexibility index (Phi) is 12.4. The molecule has 0 unspecified atom stereocenters. The number of nitrogens with zero attached hydrogens (tertiary/aromatic N) is 2. The highest BCUT2D eigenvalue weighted by molar-refractivity contribution is 5.70. The van der Waals surface area contributed by atoms with Gasteiger partial charge < -0.3 is 19.1 Å². The summed E-state index contributed by atoms with van der Waals surface area (Å²) in [4.78, 5) is 59.1. The van der Waals surface area contributed by atoms with E-state index in [4.69, 9.17) is 19.1 Å². The van der Waals surface area contributed by atoms with Crippen molar-refractivity contribution in [2.24, 2.45) is 0 Å². The van der Waals surface area contributed by atoms with Crippen LogP contribution in [0.1, 0.15) is 146 Å². The third-order valence-electron chi connectivity index (χ3n) is 8.16. The van der Waals surface area contributed by atoms with Gasteiger partial charge in [-0.2, -0.15) is 0 Å². The number of rotatable bonds is 13. The lowest BCUT2D eigenvalue weighted by molar-refractivity contribution is -0.276. The van der Waals surface area contributed by atoms with Crippen LogP contribution in [0.25, 0.3) is 0 Å². The minimum atomic E-state index is -0.444. The van der Waals surface area contributed by atoms with Gasteiger partial charge in [-0.05, 0) is 68.2 Å². The summed E-state index contributed by atoms with van der Waals surface area (Å²) in [6.45, 7) is 18.8. The Morgan fingerprint density at radius 1 is 0.524 bits per heavy atom. The minimum Gasteiger partial charge on any atom is -0.462 e. The van der Waals surface area contributed by atoms with E-state index in [-0.39, 0.29) is 36.1 Å². The Bertz CT molecular complexity index is 846. The second-order valence-electron chi connectivity index (χ2n) is 14.7. The monoisotopic (exact) mass is 596 g/mol. The third kappa shape index (κ3) is 10.8. The van der Waals surface area contributed by atoms with E-state index in [1.54, 1.807) is 10.1 Å². The number of carbonyl (C=O) groups is 4. The molecule has 0 aromatic heterocycles. The van der Waals surface area contributed by atoms with Gasteiger partial charge in [-0.15, -0.1) is 10.1 Å². The van der Waals surface area contributed by atoms with Crippen LogP contribution in [0.2, 0.25) is 0 Å². The van der Waals surface area contributed by atoms with E-state index in [1.165, 1.54) is 13.8 Å². The van der Waals surface area contributed by atoms with Crippen molar-refractivity contribution < 1.29 is 38.3 Å². The third-order valence-corrected chi connectivity index (χ3v) is 8.16. The van der Waals surface area contributed by atoms with Gasteiger partial charge in [-0.3, -0.25) is 19.2 Å². The fourth-order valence-electron chi connectivity index (χ4n) is 7.00. The molecule has 10 nitrogen and oxygen atoms in total. The first kappa shape index (κ1) is 36.0. The SMILES string of the molecule is CC(=O)ON1C(C)(C)CC(OC(=O)CCCCCCCCC(=O)OC2CC(C)(C)N(OC(C)=O)C(C)(C)C2)CC1(C)C. The van der Waals surface area contributed by atoms with Gasteiger partial charge in [0.2, 0.25) is 0 Å². The van der Waals surface area contributed by atoms with Crippen molar-refractivity contribution in [1.82, 2.24) is 10.1 Å². The predicted octanol–water partition coefficient (Wildman–Crippen LogP) is 6.19. The predicted molar refractivity (Wildman–Crippen MR) is 159 cm³/mol. The first-order valence-electron chi connectivity index (χ1n) is 15.6. The summed E-state index contributed by atoms with van der Waals surface area (Å²) < 4.78 is 11.6. The summed E-state index contributed by atoms with van der Waals surface area (Å²) in [7, 11) is 0. The second-order valence-corrected chi connectivity index (χ2v) is 14.7. The van der Waals surface area contributed by atoms with Gasteiger partial charge in [0.15, 0.2) is 0 Å². The molecule has 2 aliphatic heterocycles. The number of esters is 2. The van der Waals surface area contributed by atoms with Crippen molar-refractivity contribution in [3.8, 4) is 0 Å². The molecule has 0 aromatic carbocycles. The van der Waals surface area contributed by atoms with Crippen LogP contribution >= 0.6 is 0 Å². The van der Waals surface area contributed by atoms with E-state index in [9.17, 15) is 19.2 Å². The van der Waals surface area contributed by atoms with Crippen molar-refractivity contribution in [2.75, 3.05) is 0 Å². The van der Waals surface area contributed by atoms with Crippen molar-refractivity contribution in [3.05, 3.63) is 0 Å². The number of unbranched alkanes of at least 4 members (excludes halogenated alkanes) is 5. The Labute approximate surface area is 253 Å². The number of piperidine rings is 2. The van der Waals surface area contributed by atoms with Crippen molar-refractivity contribution in [3.63, 3.8) is 0 Å². The van der Waals surface area contributed by atoms with Crippen molar-refractivity contribution >= 4 is 23.9 Å². The van der Waals surface area contributed by atoms with E-state index < -0.39 is 22.2 Å². The summed E-state index contributed by atoms with van der Waals surface area (Å²) in [5, 5.41) is 3.48. The van der Waals surface area contributed by atoms with E-state index in [0.29, 0.717) is 38.5 Å². The molecule has 0 spiro atoms. The molecule has 0 aliphatic carbocycles. The molecule has 242 valence electrons. The quantitative estimate of drug-likeness (QED) is 0.180. The van der Waals surface area contributed by atoms with Crippen LogP contribution in [-0.2, 0) is 38.3 Å². The maximum atomic E-state index is 12.5. The molecule has 0 N–H and O–H groups in total. The van der Waals surface area contributed by atoms with Crippen LogP contribution in [0.15, 0.2) is 0 Å². The standard InChI is InChI=1S/C32H56N2O8/c1-23(35)41-33-29(3,4)19-25(20-30(33,5)6)39-27(37)17-15-13-11-12-14-16-18-28(38)40-26-21-31(7,8)34(42-24(2)36)32(9,10)22-26/h25-26H,11-22H2,1-10H3. The highest BCUT2D eigenvalue weighted by Crippen LogP contribution is 2.41. The Hall–Kier alpha value is -2.20. The molecule has 0 bridgehead atoms. The van der Waals surface area contributed by atoms with Gasteiger partial charge in [0.25, 0.3) is 0 Å². The summed E-state index contributed by atoms with van der Waals surface area (Å²) in [5.74, 6) is -1.07. The van der Waals surface area contributed by atoms with Crippen LogP contribution in [0.5, 0.6) is 0 Å². The zero-order chi connectivity index (χ0) is 31.9. The van der Waals surface area contributed by atoms with Gasteiger partial charge in [0.05, 0.1) is 22.2 Å². The Balaban J connectivity index is 1.61. The topological polar surface area (TPSA) is 112 Å². The molecule has 2 saturated heterocycles. The lowest BCUT2D eigenvalue weighted by Crippen LogP contribution is -2.62. The van der Waals surface area contributed by atoms with Crippen LogP contribution in [-0.4, -0.2) is 68.4 Å². The van der Waals surface area contributed by atoms with Gasteiger partial charge in [-0.25, -0.2) is 0 Å². The van der Waals surface area contributed by atoms with Crippen LogP contribution in [0.3, 0.4) is 0 Å². The summed E-state index contributed by atoms with van der Waals surface area (Å²) in [6, 6.07) is 0. The van der Waals surface area contributed by atoms with Gasteiger partial charge in [0.1, 0.15) is 12.2 Å². The van der Waals surface area contributed by atoms with Crippen LogP contribution in [0.4, 0.5) is 0 Å². The molecule has 2 aliphatic rings. The molecule has 0 atom stereocenters. The molecule has 0 saturated carbocycles. The van der Waals surface area contributed by atoms with E-state index in [0.717, 1.165) is 38.5 Å². The number of ether oxygens (including phenoxy) is 2. The maximum absolute atomic E-state index is 12.5. The van der Waals surface area contributed by atoms with Crippen LogP contribution in [0, 0.1) is 0 Å². The van der Waals surface area contributed by atoms with Gasteiger partial charge >= 0.3 is 23.9 Å². The zero-order valence-electron chi connectivity index (χ0n) is 27.8. The lowest BCUT2D eigenvalue weighted by Gasteiger charge is -2.52. The molecular weight excluding hydrogens is 540 g/mol. The Morgan fingerprint density at radius 2 is 0.786 bits per heavy atom. The van der Waals surface area contributed by atoms with Crippen molar-refractivity contribution in [2.45, 2.75) is 181 Å². The number of hydrogen-bond donors (Lipinski definition) is 0. The average Bonchev–Trinajstić information content (AvgIpc) is 2.79. The molecule has 0 amide bonds. The van der Waals surface area contributed by atoms with E-state index in [2.05, 4.69) is 0 Å². The lowest BCUT2D eigenvalue weighted by atomic mass is 9.80. The highest BCUT2D eigenvalue weighted by atomic mass is 16.7. The van der Waals surface area contributed by atoms with E-state index in [1.807, 2.05) is 55.4 Å². The largest absolute Gasteiger partial charge is 0.462 e. The average molecular weight is 597 g/mol.